The Bertz CT molecular complexity index is 496. The second kappa shape index (κ2) is 5.37. The van der Waals surface area contributed by atoms with Gasteiger partial charge in [-0.2, -0.15) is 21.6 Å². The standard InChI is InChI=1S/C9H12F3NO5S/c1-13-4-3-7(6(5-13)8(14)17-2)18-19(15,16)9(10,11)12/h3-5H2,1-2H3. The van der Waals surface area contributed by atoms with E-state index in [-0.39, 0.29) is 25.1 Å². The van der Waals surface area contributed by atoms with Gasteiger partial charge in [-0.25, -0.2) is 4.79 Å². The topological polar surface area (TPSA) is 72.9 Å². The number of halogens is 3. The van der Waals surface area contributed by atoms with E-state index >= 15 is 0 Å². The fourth-order valence-electron chi connectivity index (χ4n) is 1.45. The second-order valence-corrected chi connectivity index (χ2v) is 5.40. The van der Waals surface area contributed by atoms with Crippen molar-refractivity contribution in [3.63, 3.8) is 0 Å². The van der Waals surface area contributed by atoms with Crippen LogP contribution in [0.15, 0.2) is 11.3 Å². The molecule has 0 radical (unpaired) electrons. The Labute approximate surface area is 107 Å². The van der Waals surface area contributed by atoms with Crippen molar-refractivity contribution in [1.29, 1.82) is 0 Å². The highest BCUT2D eigenvalue weighted by molar-refractivity contribution is 7.87. The molecule has 0 N–H and O–H groups in total. The Hall–Kier alpha value is -1.29. The van der Waals surface area contributed by atoms with Crippen LogP contribution in [0.25, 0.3) is 0 Å². The van der Waals surface area contributed by atoms with Crippen LogP contribution in [-0.2, 0) is 23.8 Å². The molecule has 19 heavy (non-hydrogen) atoms. The third-order valence-electron chi connectivity index (χ3n) is 2.41. The van der Waals surface area contributed by atoms with Gasteiger partial charge in [0.15, 0.2) is 0 Å². The van der Waals surface area contributed by atoms with Gasteiger partial charge in [0, 0.05) is 19.5 Å². The minimum absolute atomic E-state index is 0.0462. The van der Waals surface area contributed by atoms with Gasteiger partial charge in [-0.1, -0.05) is 0 Å². The van der Waals surface area contributed by atoms with Crippen LogP contribution in [0.1, 0.15) is 6.42 Å². The first-order valence-corrected chi connectivity index (χ1v) is 6.49. The molecule has 1 aliphatic rings. The Morgan fingerprint density at radius 3 is 2.42 bits per heavy atom. The first-order chi connectivity index (χ1) is 8.58. The lowest BCUT2D eigenvalue weighted by atomic mass is 10.1. The molecule has 0 fully saturated rings. The molecular formula is C9H12F3NO5S. The van der Waals surface area contributed by atoms with E-state index in [0.29, 0.717) is 0 Å². The predicted octanol–water partition coefficient (Wildman–Crippen LogP) is 0.615. The summed E-state index contributed by atoms with van der Waals surface area (Å²) in [7, 11) is -3.11. The summed E-state index contributed by atoms with van der Waals surface area (Å²) < 4.78 is 66.9. The van der Waals surface area contributed by atoms with Crippen LogP contribution in [0.3, 0.4) is 0 Å². The van der Waals surface area contributed by atoms with Gasteiger partial charge in [-0.3, -0.25) is 0 Å². The van der Waals surface area contributed by atoms with Gasteiger partial charge in [-0.05, 0) is 7.05 Å². The molecule has 1 heterocycles. The minimum Gasteiger partial charge on any atom is -0.466 e. The van der Waals surface area contributed by atoms with Crippen molar-refractivity contribution >= 4 is 16.1 Å². The van der Waals surface area contributed by atoms with E-state index in [1.165, 1.54) is 0 Å². The Morgan fingerprint density at radius 2 is 1.95 bits per heavy atom. The molecule has 0 atom stereocenters. The molecule has 0 amide bonds. The zero-order chi connectivity index (χ0) is 14.8. The summed E-state index contributed by atoms with van der Waals surface area (Å²) in [6.45, 7) is 0.221. The first kappa shape index (κ1) is 15.8. The summed E-state index contributed by atoms with van der Waals surface area (Å²) in [5.41, 5.74) is -5.77. The van der Waals surface area contributed by atoms with E-state index < -0.39 is 27.4 Å². The molecule has 0 spiro atoms. The molecule has 0 aromatic carbocycles. The SMILES string of the molecule is COC(=O)C1=C(OS(=O)(=O)C(F)(F)F)CCN(C)C1. The van der Waals surface area contributed by atoms with Crippen molar-refractivity contribution in [3.05, 3.63) is 11.3 Å². The number of rotatable bonds is 3. The lowest BCUT2D eigenvalue weighted by molar-refractivity contribution is -0.136. The molecule has 0 saturated carbocycles. The highest BCUT2D eigenvalue weighted by Crippen LogP contribution is 2.30. The van der Waals surface area contributed by atoms with Gasteiger partial charge >= 0.3 is 21.6 Å². The molecule has 0 aromatic rings. The largest absolute Gasteiger partial charge is 0.534 e. The Morgan fingerprint density at radius 1 is 1.37 bits per heavy atom. The third kappa shape index (κ3) is 3.60. The van der Waals surface area contributed by atoms with Gasteiger partial charge in [0.05, 0.1) is 12.7 Å². The number of carbonyl (C=O) groups excluding carboxylic acids is 1. The normalized spacial score (nSPS) is 18.4. The summed E-state index contributed by atoms with van der Waals surface area (Å²) in [4.78, 5) is 13.0. The van der Waals surface area contributed by atoms with E-state index in [0.717, 1.165) is 7.11 Å². The quantitative estimate of drug-likeness (QED) is 0.432. The predicted molar refractivity (Wildman–Crippen MR) is 57.2 cm³/mol. The van der Waals surface area contributed by atoms with Crippen LogP contribution in [0, 0.1) is 0 Å². The molecular weight excluding hydrogens is 291 g/mol. The Balaban J connectivity index is 3.11. The molecule has 0 unspecified atom stereocenters. The lowest BCUT2D eigenvalue weighted by Gasteiger charge is -2.25. The molecule has 6 nitrogen and oxygen atoms in total. The van der Waals surface area contributed by atoms with Crippen LogP contribution in [-0.4, -0.2) is 52.0 Å². The summed E-state index contributed by atoms with van der Waals surface area (Å²) in [5.74, 6) is -1.44. The number of carbonyl (C=O) groups is 1. The van der Waals surface area contributed by atoms with Crippen molar-refractivity contribution in [2.24, 2.45) is 0 Å². The maximum atomic E-state index is 12.2. The van der Waals surface area contributed by atoms with Crippen LogP contribution < -0.4 is 0 Å². The first-order valence-electron chi connectivity index (χ1n) is 5.08. The number of esters is 1. The van der Waals surface area contributed by atoms with Crippen molar-refractivity contribution in [3.8, 4) is 0 Å². The molecule has 0 saturated heterocycles. The zero-order valence-electron chi connectivity index (χ0n) is 10.2. The summed E-state index contributed by atoms with van der Waals surface area (Å²) in [6.07, 6.45) is -0.129. The Kier molecular flexibility index (Phi) is 4.46. The van der Waals surface area contributed by atoms with Crippen molar-refractivity contribution in [2.45, 2.75) is 11.9 Å². The van der Waals surface area contributed by atoms with Crippen LogP contribution >= 0.6 is 0 Å². The fraction of sp³-hybridized carbons (Fsp3) is 0.667. The third-order valence-corrected chi connectivity index (χ3v) is 3.40. The molecule has 0 aliphatic carbocycles. The molecule has 0 aromatic heterocycles. The van der Waals surface area contributed by atoms with E-state index in [9.17, 15) is 26.4 Å². The molecule has 0 bridgehead atoms. The minimum atomic E-state index is -5.77. The van der Waals surface area contributed by atoms with E-state index in [1.807, 2.05) is 0 Å². The number of hydrogen-bond acceptors (Lipinski definition) is 6. The van der Waals surface area contributed by atoms with Gasteiger partial charge < -0.3 is 13.8 Å². The van der Waals surface area contributed by atoms with Crippen LogP contribution in [0.4, 0.5) is 13.2 Å². The van der Waals surface area contributed by atoms with Crippen molar-refractivity contribution in [2.75, 3.05) is 27.2 Å². The number of methoxy groups -OCH3 is 1. The molecule has 10 heteroatoms. The van der Waals surface area contributed by atoms with Gasteiger partial charge in [-0.15, -0.1) is 0 Å². The van der Waals surface area contributed by atoms with Crippen LogP contribution in [0.2, 0.25) is 0 Å². The zero-order valence-corrected chi connectivity index (χ0v) is 11.0. The van der Waals surface area contributed by atoms with Crippen molar-refractivity contribution < 1.29 is 35.3 Å². The average Bonchev–Trinajstić information content (AvgIpc) is 2.28. The number of likely N-dealkylation sites (N-methyl/N-ethyl adjacent to an activating group) is 1. The molecule has 1 aliphatic heterocycles. The smallest absolute Gasteiger partial charge is 0.466 e. The van der Waals surface area contributed by atoms with Gasteiger partial charge in [0.1, 0.15) is 5.76 Å². The summed E-state index contributed by atoms with van der Waals surface area (Å²) in [6, 6.07) is 0. The van der Waals surface area contributed by atoms with Gasteiger partial charge in [0.25, 0.3) is 0 Å². The molecule has 110 valence electrons. The van der Waals surface area contributed by atoms with Gasteiger partial charge in [0.2, 0.25) is 0 Å². The highest BCUT2D eigenvalue weighted by atomic mass is 32.2. The average molecular weight is 303 g/mol. The maximum absolute atomic E-state index is 12.2. The number of nitrogens with zero attached hydrogens (tertiary/aromatic N) is 1. The number of ether oxygens (including phenoxy) is 1. The molecule has 1 rings (SSSR count). The monoisotopic (exact) mass is 303 g/mol. The summed E-state index contributed by atoms with van der Waals surface area (Å²) >= 11 is 0. The number of hydrogen-bond donors (Lipinski definition) is 0. The highest BCUT2D eigenvalue weighted by Gasteiger charge is 2.49. The summed E-state index contributed by atoms with van der Waals surface area (Å²) in [5, 5.41) is 0. The fourth-order valence-corrected chi connectivity index (χ4v) is 2.00. The second-order valence-electron chi connectivity index (χ2n) is 3.86. The van der Waals surface area contributed by atoms with E-state index in [1.54, 1.807) is 11.9 Å². The lowest BCUT2D eigenvalue weighted by Crippen LogP contribution is -2.34. The van der Waals surface area contributed by atoms with E-state index in [2.05, 4.69) is 8.92 Å². The number of alkyl halides is 3. The van der Waals surface area contributed by atoms with Crippen molar-refractivity contribution in [1.82, 2.24) is 4.90 Å². The maximum Gasteiger partial charge on any atom is 0.534 e. The van der Waals surface area contributed by atoms with Crippen LogP contribution in [0.5, 0.6) is 0 Å². The van der Waals surface area contributed by atoms with E-state index in [4.69, 9.17) is 0 Å².